The van der Waals surface area contributed by atoms with Gasteiger partial charge in [0.2, 0.25) is 5.88 Å². The summed E-state index contributed by atoms with van der Waals surface area (Å²) in [6, 6.07) is 9.94. The van der Waals surface area contributed by atoms with Gasteiger partial charge >= 0.3 is 0 Å². The molecule has 2 aromatic rings. The average Bonchev–Trinajstić information content (AvgIpc) is 2.46. The lowest BCUT2D eigenvalue weighted by atomic mass is 10.1. The van der Waals surface area contributed by atoms with Crippen LogP contribution in [0.3, 0.4) is 0 Å². The summed E-state index contributed by atoms with van der Waals surface area (Å²) in [5.74, 6) is 1.87. The monoisotopic (exact) mass is 277 g/mol. The first-order valence-electron chi connectivity index (χ1n) is 6.14. The Labute approximate surface area is 117 Å². The van der Waals surface area contributed by atoms with Crippen molar-refractivity contribution in [2.24, 2.45) is 0 Å². The molecular formula is C14H16ClN3O. The van der Waals surface area contributed by atoms with Gasteiger partial charge in [0.25, 0.3) is 0 Å². The SMILES string of the molecule is CCOc1cc(NCc2ccc(CCl)cc2)ncn1. The summed E-state index contributed by atoms with van der Waals surface area (Å²) in [7, 11) is 0. The van der Waals surface area contributed by atoms with Crippen LogP contribution in [-0.2, 0) is 12.4 Å². The number of rotatable bonds is 6. The molecule has 19 heavy (non-hydrogen) atoms. The van der Waals surface area contributed by atoms with E-state index in [9.17, 15) is 0 Å². The predicted octanol–water partition coefficient (Wildman–Crippen LogP) is 3.23. The van der Waals surface area contributed by atoms with Crippen LogP contribution in [0.15, 0.2) is 36.7 Å². The Morgan fingerprint density at radius 3 is 2.58 bits per heavy atom. The van der Waals surface area contributed by atoms with E-state index in [1.54, 1.807) is 6.07 Å². The first-order chi connectivity index (χ1) is 9.31. The number of halogens is 1. The van der Waals surface area contributed by atoms with Crippen molar-refractivity contribution in [3.05, 3.63) is 47.8 Å². The molecular weight excluding hydrogens is 262 g/mol. The van der Waals surface area contributed by atoms with Gasteiger partial charge in [-0.2, -0.15) is 0 Å². The van der Waals surface area contributed by atoms with E-state index >= 15 is 0 Å². The second-order valence-corrected chi connectivity index (χ2v) is 4.25. The van der Waals surface area contributed by atoms with Gasteiger partial charge in [-0.05, 0) is 18.1 Å². The van der Waals surface area contributed by atoms with Crippen molar-refractivity contribution >= 4 is 17.4 Å². The molecule has 0 saturated heterocycles. The van der Waals surface area contributed by atoms with Gasteiger partial charge in [0.05, 0.1) is 6.61 Å². The number of ether oxygens (including phenoxy) is 1. The fourth-order valence-electron chi connectivity index (χ4n) is 1.60. The normalized spacial score (nSPS) is 10.2. The minimum Gasteiger partial charge on any atom is -0.478 e. The van der Waals surface area contributed by atoms with E-state index in [0.29, 0.717) is 24.9 Å². The van der Waals surface area contributed by atoms with Crippen LogP contribution in [0.25, 0.3) is 0 Å². The molecule has 4 nitrogen and oxygen atoms in total. The number of aromatic nitrogens is 2. The molecule has 0 unspecified atom stereocenters. The Morgan fingerprint density at radius 1 is 1.16 bits per heavy atom. The first-order valence-corrected chi connectivity index (χ1v) is 6.67. The quantitative estimate of drug-likeness (QED) is 0.824. The molecule has 0 aliphatic heterocycles. The Balaban J connectivity index is 1.95. The zero-order valence-electron chi connectivity index (χ0n) is 10.8. The van der Waals surface area contributed by atoms with Crippen molar-refractivity contribution in [3.8, 4) is 5.88 Å². The maximum atomic E-state index is 5.75. The van der Waals surface area contributed by atoms with Crippen molar-refractivity contribution < 1.29 is 4.74 Å². The van der Waals surface area contributed by atoms with Crippen molar-refractivity contribution in [1.29, 1.82) is 0 Å². The van der Waals surface area contributed by atoms with Crippen LogP contribution in [0.1, 0.15) is 18.1 Å². The average molecular weight is 278 g/mol. The van der Waals surface area contributed by atoms with Gasteiger partial charge < -0.3 is 10.1 Å². The molecule has 0 aliphatic carbocycles. The lowest BCUT2D eigenvalue weighted by molar-refractivity contribution is 0.326. The number of anilines is 1. The second kappa shape index (κ2) is 6.95. The molecule has 0 saturated carbocycles. The van der Waals surface area contributed by atoms with E-state index in [2.05, 4.69) is 27.4 Å². The number of benzene rings is 1. The lowest BCUT2D eigenvalue weighted by Crippen LogP contribution is -2.03. The van der Waals surface area contributed by atoms with E-state index < -0.39 is 0 Å². The van der Waals surface area contributed by atoms with Crippen LogP contribution in [0.4, 0.5) is 5.82 Å². The van der Waals surface area contributed by atoms with Gasteiger partial charge in [0.15, 0.2) is 0 Å². The van der Waals surface area contributed by atoms with Crippen molar-refractivity contribution in [1.82, 2.24) is 9.97 Å². The summed E-state index contributed by atoms with van der Waals surface area (Å²) in [5, 5.41) is 3.23. The smallest absolute Gasteiger partial charge is 0.218 e. The molecule has 1 aromatic heterocycles. The molecule has 0 fully saturated rings. The van der Waals surface area contributed by atoms with Crippen LogP contribution in [0.5, 0.6) is 5.88 Å². The highest BCUT2D eigenvalue weighted by Gasteiger charge is 1.99. The molecule has 0 atom stereocenters. The number of nitrogens with zero attached hydrogens (tertiary/aromatic N) is 2. The standard InChI is InChI=1S/C14H16ClN3O/c1-2-19-14-7-13(17-10-18-14)16-9-12-5-3-11(8-15)4-6-12/h3-7,10H,2,8-9H2,1H3,(H,16,17,18). The van der Waals surface area contributed by atoms with Crippen LogP contribution in [0.2, 0.25) is 0 Å². The van der Waals surface area contributed by atoms with E-state index in [1.165, 1.54) is 11.9 Å². The minimum absolute atomic E-state index is 0.539. The summed E-state index contributed by atoms with van der Waals surface area (Å²) in [6.45, 7) is 3.22. The Bertz CT molecular complexity index is 516. The van der Waals surface area contributed by atoms with Crippen molar-refractivity contribution in [2.45, 2.75) is 19.3 Å². The van der Waals surface area contributed by atoms with Gasteiger partial charge in [-0.15, -0.1) is 11.6 Å². The Hall–Kier alpha value is -1.81. The van der Waals surface area contributed by atoms with Crippen molar-refractivity contribution in [2.75, 3.05) is 11.9 Å². The number of alkyl halides is 1. The van der Waals surface area contributed by atoms with Crippen LogP contribution >= 0.6 is 11.6 Å². The second-order valence-electron chi connectivity index (χ2n) is 3.98. The molecule has 0 amide bonds. The fourth-order valence-corrected chi connectivity index (χ4v) is 1.78. The van der Waals surface area contributed by atoms with Crippen LogP contribution in [-0.4, -0.2) is 16.6 Å². The third-order valence-corrected chi connectivity index (χ3v) is 2.89. The maximum absolute atomic E-state index is 5.75. The van der Waals surface area contributed by atoms with E-state index in [4.69, 9.17) is 16.3 Å². The first kappa shape index (κ1) is 13.6. The zero-order chi connectivity index (χ0) is 13.5. The minimum atomic E-state index is 0.539. The van der Waals surface area contributed by atoms with E-state index in [1.807, 2.05) is 19.1 Å². The van der Waals surface area contributed by atoms with Crippen LogP contribution < -0.4 is 10.1 Å². The van der Waals surface area contributed by atoms with E-state index in [-0.39, 0.29) is 0 Å². The molecule has 2 rings (SSSR count). The highest BCUT2D eigenvalue weighted by molar-refractivity contribution is 6.17. The van der Waals surface area contributed by atoms with Gasteiger partial charge in [-0.25, -0.2) is 9.97 Å². The molecule has 1 heterocycles. The number of nitrogens with one attached hydrogen (secondary N) is 1. The maximum Gasteiger partial charge on any atom is 0.218 e. The fraction of sp³-hybridized carbons (Fsp3) is 0.286. The lowest BCUT2D eigenvalue weighted by Gasteiger charge is -2.07. The largest absolute Gasteiger partial charge is 0.478 e. The van der Waals surface area contributed by atoms with Gasteiger partial charge in [0.1, 0.15) is 12.1 Å². The molecule has 100 valence electrons. The van der Waals surface area contributed by atoms with Gasteiger partial charge in [-0.1, -0.05) is 24.3 Å². The summed E-state index contributed by atoms with van der Waals surface area (Å²) < 4.78 is 5.32. The van der Waals surface area contributed by atoms with E-state index in [0.717, 1.165) is 11.4 Å². The molecule has 5 heteroatoms. The highest BCUT2D eigenvalue weighted by Crippen LogP contribution is 2.13. The molecule has 1 N–H and O–H groups in total. The predicted molar refractivity (Wildman–Crippen MR) is 76.5 cm³/mol. The van der Waals surface area contributed by atoms with Gasteiger partial charge in [0, 0.05) is 18.5 Å². The highest BCUT2D eigenvalue weighted by atomic mass is 35.5. The Morgan fingerprint density at radius 2 is 1.89 bits per heavy atom. The zero-order valence-corrected chi connectivity index (χ0v) is 11.5. The number of hydrogen-bond donors (Lipinski definition) is 1. The summed E-state index contributed by atoms with van der Waals surface area (Å²) in [6.07, 6.45) is 1.49. The summed E-state index contributed by atoms with van der Waals surface area (Å²) >= 11 is 5.75. The number of hydrogen-bond acceptors (Lipinski definition) is 4. The molecule has 0 spiro atoms. The Kier molecular flexibility index (Phi) is 4.98. The molecule has 0 radical (unpaired) electrons. The summed E-state index contributed by atoms with van der Waals surface area (Å²) in [4.78, 5) is 8.17. The third kappa shape index (κ3) is 4.10. The van der Waals surface area contributed by atoms with Crippen LogP contribution in [0, 0.1) is 0 Å². The third-order valence-electron chi connectivity index (χ3n) is 2.59. The van der Waals surface area contributed by atoms with Crippen molar-refractivity contribution in [3.63, 3.8) is 0 Å². The molecule has 1 aromatic carbocycles. The molecule has 0 bridgehead atoms. The van der Waals surface area contributed by atoms with Gasteiger partial charge in [-0.3, -0.25) is 0 Å². The topological polar surface area (TPSA) is 47.0 Å². The molecule has 0 aliphatic rings. The summed E-state index contributed by atoms with van der Waals surface area (Å²) in [5.41, 5.74) is 2.29.